The van der Waals surface area contributed by atoms with Gasteiger partial charge in [0, 0.05) is 12.1 Å². The normalized spacial score (nSPS) is 20.6. The predicted octanol–water partition coefficient (Wildman–Crippen LogP) is 1.61. The lowest BCUT2D eigenvalue weighted by atomic mass is 10.2. The second-order valence-corrected chi connectivity index (χ2v) is 5.39. The number of nitrogens with zero attached hydrogens (tertiary/aromatic N) is 2. The number of halogens is 2. The van der Waals surface area contributed by atoms with Crippen LogP contribution < -0.4 is 5.32 Å². The molecule has 0 spiro atoms. The third kappa shape index (κ3) is 3.66. The van der Waals surface area contributed by atoms with Crippen molar-refractivity contribution in [3.8, 4) is 0 Å². The maximum Gasteiger partial charge on any atom is 0.318 e. The molecule has 2 rings (SSSR count). The number of likely N-dealkylation sites (tertiary alicyclic amines) is 1. The maximum atomic E-state index is 13.3. The van der Waals surface area contributed by atoms with Crippen molar-refractivity contribution in [1.82, 2.24) is 15.2 Å². The molecule has 21 heavy (non-hydrogen) atoms. The monoisotopic (exact) mass is 299 g/mol. The molecule has 0 bridgehead atoms. The molecule has 1 aromatic rings. The Kier molecular flexibility index (Phi) is 4.41. The molecular weight excluding hydrogens is 280 g/mol. The zero-order valence-electron chi connectivity index (χ0n) is 12.1. The molecule has 0 saturated carbocycles. The van der Waals surface area contributed by atoms with Gasteiger partial charge in [0.25, 0.3) is 5.92 Å². The average molecular weight is 299 g/mol. The quantitative estimate of drug-likeness (QED) is 0.891. The van der Waals surface area contributed by atoms with Gasteiger partial charge in [-0.25, -0.2) is 13.6 Å². The van der Waals surface area contributed by atoms with Crippen molar-refractivity contribution < 1.29 is 18.7 Å². The van der Waals surface area contributed by atoms with Gasteiger partial charge in [0.2, 0.25) is 0 Å². The van der Waals surface area contributed by atoms with Crippen molar-refractivity contribution in [1.29, 1.82) is 0 Å². The number of carbonyl (C=O) groups excluding carboxylic acids is 1. The van der Waals surface area contributed by atoms with E-state index in [1.165, 1.54) is 0 Å². The van der Waals surface area contributed by atoms with Gasteiger partial charge >= 0.3 is 6.03 Å². The second kappa shape index (κ2) is 5.93. The minimum Gasteiger partial charge on any atom is -0.394 e. The van der Waals surface area contributed by atoms with Gasteiger partial charge in [0.15, 0.2) is 0 Å². The summed E-state index contributed by atoms with van der Waals surface area (Å²) in [5.74, 6) is -2.94. The molecule has 2 amide bonds. The highest BCUT2D eigenvalue weighted by molar-refractivity contribution is 5.75. The first-order valence-corrected chi connectivity index (χ1v) is 6.78. The van der Waals surface area contributed by atoms with E-state index in [-0.39, 0.29) is 6.54 Å². The Morgan fingerprint density at radius 1 is 1.52 bits per heavy atom. The molecule has 2 N–H and O–H groups in total. The van der Waals surface area contributed by atoms with Crippen molar-refractivity contribution in [3.05, 3.63) is 29.1 Å². The molecular formula is C14H19F2N3O2. The number of pyridine rings is 1. The molecule has 1 atom stereocenters. The van der Waals surface area contributed by atoms with Crippen LogP contribution in [0.4, 0.5) is 13.6 Å². The van der Waals surface area contributed by atoms with Crippen molar-refractivity contribution >= 4 is 6.03 Å². The van der Waals surface area contributed by atoms with Crippen molar-refractivity contribution in [2.75, 3.05) is 13.2 Å². The summed E-state index contributed by atoms with van der Waals surface area (Å²) in [7, 11) is 0. The molecule has 7 heteroatoms. The van der Waals surface area contributed by atoms with E-state index in [1.54, 1.807) is 6.07 Å². The van der Waals surface area contributed by atoms with Gasteiger partial charge in [-0.15, -0.1) is 0 Å². The summed E-state index contributed by atoms with van der Waals surface area (Å²) in [6.07, 6.45) is -0.501. The van der Waals surface area contributed by atoms with Crippen LogP contribution in [0.15, 0.2) is 12.1 Å². The number of hydrogen-bond acceptors (Lipinski definition) is 3. The molecule has 1 fully saturated rings. The highest BCUT2D eigenvalue weighted by atomic mass is 19.3. The lowest BCUT2D eigenvalue weighted by Crippen LogP contribution is -2.44. The number of rotatable bonds is 3. The number of hydrogen-bond donors (Lipinski definition) is 2. The molecule has 0 aromatic carbocycles. The largest absolute Gasteiger partial charge is 0.394 e. The molecule has 0 aliphatic carbocycles. The fourth-order valence-electron chi connectivity index (χ4n) is 2.35. The third-order valence-electron chi connectivity index (χ3n) is 3.68. The van der Waals surface area contributed by atoms with Gasteiger partial charge in [-0.05, 0) is 25.5 Å². The SMILES string of the molecule is Cc1ccc(CNC(=O)N2CC(F)(F)CC2CO)nc1C. The van der Waals surface area contributed by atoms with E-state index in [4.69, 9.17) is 5.11 Å². The summed E-state index contributed by atoms with van der Waals surface area (Å²) in [5.41, 5.74) is 2.57. The predicted molar refractivity (Wildman–Crippen MR) is 73.1 cm³/mol. The van der Waals surface area contributed by atoms with Crippen LogP contribution in [0.1, 0.15) is 23.4 Å². The Labute approximate surface area is 122 Å². The Morgan fingerprint density at radius 2 is 2.24 bits per heavy atom. The first kappa shape index (κ1) is 15.6. The molecule has 1 aromatic heterocycles. The van der Waals surface area contributed by atoms with Gasteiger partial charge in [-0.1, -0.05) is 6.07 Å². The van der Waals surface area contributed by atoms with Crippen molar-refractivity contribution in [3.63, 3.8) is 0 Å². The zero-order valence-corrected chi connectivity index (χ0v) is 12.1. The molecule has 1 unspecified atom stereocenters. The molecule has 116 valence electrons. The number of carbonyl (C=O) groups is 1. The van der Waals surface area contributed by atoms with Gasteiger partial charge in [0.1, 0.15) is 0 Å². The minimum absolute atomic E-state index is 0.167. The van der Waals surface area contributed by atoms with Crippen LogP contribution in [0.3, 0.4) is 0 Å². The Morgan fingerprint density at radius 3 is 2.86 bits per heavy atom. The summed E-state index contributed by atoms with van der Waals surface area (Å²) >= 11 is 0. The van der Waals surface area contributed by atoms with Gasteiger partial charge in [-0.2, -0.15) is 0 Å². The lowest BCUT2D eigenvalue weighted by molar-refractivity contribution is 0.0141. The number of urea groups is 1. The van der Waals surface area contributed by atoms with Crippen LogP contribution in [0.25, 0.3) is 0 Å². The molecule has 1 aliphatic rings. The number of aliphatic hydroxyl groups excluding tert-OH is 1. The van der Waals surface area contributed by atoms with Crippen LogP contribution in [0.5, 0.6) is 0 Å². The first-order chi connectivity index (χ1) is 9.82. The Balaban J connectivity index is 1.96. The number of aromatic nitrogens is 1. The number of aryl methyl sites for hydroxylation is 2. The smallest absolute Gasteiger partial charge is 0.318 e. The van der Waals surface area contributed by atoms with Crippen LogP contribution in [-0.4, -0.2) is 46.1 Å². The average Bonchev–Trinajstić information content (AvgIpc) is 2.75. The van der Waals surface area contributed by atoms with Crippen LogP contribution in [-0.2, 0) is 6.54 Å². The Hall–Kier alpha value is -1.76. The number of nitrogens with one attached hydrogen (secondary N) is 1. The number of aliphatic hydroxyl groups is 1. The summed E-state index contributed by atoms with van der Waals surface area (Å²) in [6, 6.07) is 2.23. The van der Waals surface area contributed by atoms with Crippen molar-refractivity contribution in [2.24, 2.45) is 0 Å². The number of alkyl halides is 2. The fraction of sp³-hybridized carbons (Fsp3) is 0.571. The van der Waals surface area contributed by atoms with Crippen molar-refractivity contribution in [2.45, 2.75) is 38.8 Å². The zero-order chi connectivity index (χ0) is 15.6. The summed E-state index contributed by atoms with van der Waals surface area (Å²) in [4.78, 5) is 17.3. The highest BCUT2D eigenvalue weighted by Crippen LogP contribution is 2.31. The van der Waals surface area contributed by atoms with Crippen LogP contribution in [0.2, 0.25) is 0 Å². The summed E-state index contributed by atoms with van der Waals surface area (Å²) in [6.45, 7) is 2.84. The topological polar surface area (TPSA) is 65.5 Å². The molecule has 0 radical (unpaired) electrons. The summed E-state index contributed by atoms with van der Waals surface area (Å²) < 4.78 is 26.6. The standard InChI is InChI=1S/C14H19F2N3O2/c1-9-3-4-11(18-10(9)2)6-17-13(21)19-8-14(15,16)5-12(19)7-20/h3-4,12,20H,5-8H2,1-2H3,(H,17,21). The maximum absolute atomic E-state index is 13.3. The fourth-order valence-corrected chi connectivity index (χ4v) is 2.35. The van der Waals surface area contributed by atoms with E-state index in [0.717, 1.165) is 16.2 Å². The second-order valence-electron chi connectivity index (χ2n) is 5.39. The van der Waals surface area contributed by atoms with Gasteiger partial charge < -0.3 is 15.3 Å². The lowest BCUT2D eigenvalue weighted by Gasteiger charge is -2.22. The van der Waals surface area contributed by atoms with E-state index in [9.17, 15) is 13.6 Å². The minimum atomic E-state index is -2.94. The van der Waals surface area contributed by atoms with E-state index in [0.29, 0.717) is 5.69 Å². The van der Waals surface area contributed by atoms with Crippen LogP contribution in [0, 0.1) is 13.8 Å². The highest BCUT2D eigenvalue weighted by Gasteiger charge is 2.46. The van der Waals surface area contributed by atoms with E-state index < -0.39 is 37.6 Å². The van der Waals surface area contributed by atoms with E-state index >= 15 is 0 Å². The molecule has 1 aliphatic heterocycles. The van der Waals surface area contributed by atoms with E-state index in [2.05, 4.69) is 10.3 Å². The summed E-state index contributed by atoms with van der Waals surface area (Å²) in [5, 5.41) is 11.7. The van der Waals surface area contributed by atoms with E-state index in [1.807, 2.05) is 19.9 Å². The molecule has 5 nitrogen and oxygen atoms in total. The number of amides is 2. The molecule has 1 saturated heterocycles. The van der Waals surface area contributed by atoms with Gasteiger partial charge in [-0.3, -0.25) is 4.98 Å². The Bertz CT molecular complexity index is 537. The van der Waals surface area contributed by atoms with Crippen LogP contribution >= 0.6 is 0 Å². The third-order valence-corrected chi connectivity index (χ3v) is 3.68. The molecule has 2 heterocycles. The first-order valence-electron chi connectivity index (χ1n) is 6.78. The van der Waals surface area contributed by atoms with Gasteiger partial charge in [0.05, 0.1) is 31.4 Å².